The van der Waals surface area contributed by atoms with Crippen LogP contribution in [0, 0.1) is 0 Å². The Bertz CT molecular complexity index is 819. The Kier molecular flexibility index (Phi) is 4.27. The number of aromatic nitrogens is 1. The van der Waals surface area contributed by atoms with Crippen LogP contribution in [0.25, 0.3) is 10.6 Å². The van der Waals surface area contributed by atoms with Crippen molar-refractivity contribution in [2.45, 2.75) is 44.3 Å². The summed E-state index contributed by atoms with van der Waals surface area (Å²) in [6.07, 6.45) is 4.99. The van der Waals surface area contributed by atoms with E-state index < -0.39 is 0 Å². The van der Waals surface area contributed by atoms with Gasteiger partial charge in [-0.05, 0) is 31.4 Å². The Morgan fingerprint density at radius 1 is 1.32 bits per heavy atom. The highest BCUT2D eigenvalue weighted by Gasteiger charge is 2.39. The lowest BCUT2D eigenvalue weighted by atomic mass is 9.95. The lowest BCUT2D eigenvalue weighted by Gasteiger charge is -2.20. The van der Waals surface area contributed by atoms with Gasteiger partial charge in [-0.15, -0.1) is 11.3 Å². The molecular formula is C18H20N4O2S. The summed E-state index contributed by atoms with van der Waals surface area (Å²) in [7, 11) is 0. The number of fused-ring (bicyclic) bond motifs is 2. The number of nitrogens with zero attached hydrogens (tertiary/aromatic N) is 1. The predicted octanol–water partition coefficient (Wildman–Crippen LogP) is 2.39. The maximum Gasteiger partial charge on any atom is 0.263 e. The van der Waals surface area contributed by atoms with Gasteiger partial charge in [-0.2, -0.15) is 0 Å². The molecule has 1 aromatic carbocycles. The highest BCUT2D eigenvalue weighted by Crippen LogP contribution is 2.30. The van der Waals surface area contributed by atoms with Crippen LogP contribution in [0.2, 0.25) is 0 Å². The zero-order valence-electron chi connectivity index (χ0n) is 13.9. The molecule has 2 aromatic rings. The smallest absolute Gasteiger partial charge is 0.263 e. The first kappa shape index (κ1) is 16.2. The minimum atomic E-state index is -0.115. The second kappa shape index (κ2) is 6.57. The van der Waals surface area contributed by atoms with Gasteiger partial charge in [-0.1, -0.05) is 12.1 Å². The average molecular weight is 356 g/mol. The van der Waals surface area contributed by atoms with Gasteiger partial charge in [0.1, 0.15) is 9.88 Å². The molecule has 2 saturated heterocycles. The molecule has 2 amide bonds. The first-order chi connectivity index (χ1) is 12.1. The largest absolute Gasteiger partial charge is 0.347 e. The maximum absolute atomic E-state index is 12.5. The van der Waals surface area contributed by atoms with E-state index in [-0.39, 0.29) is 17.9 Å². The summed E-state index contributed by atoms with van der Waals surface area (Å²) < 4.78 is 0. The van der Waals surface area contributed by atoms with E-state index in [1.165, 1.54) is 24.7 Å². The van der Waals surface area contributed by atoms with Crippen LogP contribution in [-0.4, -0.2) is 34.9 Å². The van der Waals surface area contributed by atoms with Crippen molar-refractivity contribution in [3.05, 3.63) is 35.3 Å². The van der Waals surface area contributed by atoms with E-state index in [1.54, 1.807) is 6.20 Å². The lowest BCUT2D eigenvalue weighted by Crippen LogP contribution is -2.42. The summed E-state index contributed by atoms with van der Waals surface area (Å²) in [4.78, 5) is 28.7. The number of amides is 2. The quantitative estimate of drug-likeness (QED) is 0.785. The van der Waals surface area contributed by atoms with Gasteiger partial charge in [-0.25, -0.2) is 4.98 Å². The SMILES string of the molecule is CC(=O)Nc1cccc(-c2ncc(C(=O)NC3CC4CCC3N4)s2)c1. The Morgan fingerprint density at radius 2 is 2.20 bits per heavy atom. The van der Waals surface area contributed by atoms with Crippen molar-refractivity contribution in [3.63, 3.8) is 0 Å². The van der Waals surface area contributed by atoms with Gasteiger partial charge in [-0.3, -0.25) is 9.59 Å². The fraction of sp³-hybridized carbons (Fsp3) is 0.389. The van der Waals surface area contributed by atoms with Crippen molar-refractivity contribution in [1.29, 1.82) is 0 Å². The van der Waals surface area contributed by atoms with Gasteiger partial charge in [0, 0.05) is 36.3 Å². The summed E-state index contributed by atoms with van der Waals surface area (Å²) in [6.45, 7) is 1.48. The summed E-state index contributed by atoms with van der Waals surface area (Å²) in [5.74, 6) is -0.169. The number of anilines is 1. The van der Waals surface area contributed by atoms with E-state index in [9.17, 15) is 9.59 Å². The van der Waals surface area contributed by atoms with Crippen LogP contribution in [0.1, 0.15) is 35.9 Å². The fourth-order valence-electron chi connectivity index (χ4n) is 3.67. The Hall–Kier alpha value is -2.25. The first-order valence-electron chi connectivity index (χ1n) is 8.49. The van der Waals surface area contributed by atoms with E-state index in [0.29, 0.717) is 17.0 Å². The fourth-order valence-corrected chi connectivity index (χ4v) is 4.48. The molecule has 3 atom stereocenters. The Labute approximate surface area is 150 Å². The van der Waals surface area contributed by atoms with E-state index in [2.05, 4.69) is 20.9 Å². The maximum atomic E-state index is 12.5. The predicted molar refractivity (Wildman–Crippen MR) is 97.7 cm³/mol. The topological polar surface area (TPSA) is 83.1 Å². The highest BCUT2D eigenvalue weighted by atomic mass is 32.1. The van der Waals surface area contributed by atoms with Crippen LogP contribution in [0.5, 0.6) is 0 Å². The molecular weight excluding hydrogens is 336 g/mol. The molecule has 7 heteroatoms. The van der Waals surface area contributed by atoms with Crippen LogP contribution in [0.4, 0.5) is 5.69 Å². The second-order valence-electron chi connectivity index (χ2n) is 6.65. The molecule has 4 rings (SSSR count). The van der Waals surface area contributed by atoms with Crippen LogP contribution in [0.3, 0.4) is 0 Å². The third kappa shape index (κ3) is 3.43. The number of hydrogen-bond acceptors (Lipinski definition) is 5. The van der Waals surface area contributed by atoms with E-state index >= 15 is 0 Å². The zero-order chi connectivity index (χ0) is 17.4. The molecule has 25 heavy (non-hydrogen) atoms. The highest BCUT2D eigenvalue weighted by molar-refractivity contribution is 7.16. The summed E-state index contributed by atoms with van der Waals surface area (Å²) >= 11 is 1.37. The van der Waals surface area contributed by atoms with Crippen molar-refractivity contribution in [3.8, 4) is 10.6 Å². The molecule has 0 spiro atoms. The van der Waals surface area contributed by atoms with E-state index in [4.69, 9.17) is 0 Å². The number of carbonyl (C=O) groups excluding carboxylic acids is 2. The molecule has 0 radical (unpaired) electrons. The molecule has 2 bridgehead atoms. The second-order valence-corrected chi connectivity index (χ2v) is 7.69. The van der Waals surface area contributed by atoms with Crippen molar-refractivity contribution >= 4 is 28.8 Å². The van der Waals surface area contributed by atoms with E-state index in [0.717, 1.165) is 29.1 Å². The summed E-state index contributed by atoms with van der Waals surface area (Å²) in [5.41, 5.74) is 1.61. The molecule has 2 aliphatic rings. The number of hydrogen-bond donors (Lipinski definition) is 3. The summed E-state index contributed by atoms with van der Waals surface area (Å²) in [5, 5.41) is 10.2. The Morgan fingerprint density at radius 3 is 2.92 bits per heavy atom. The normalized spacial score (nSPS) is 24.3. The molecule has 3 N–H and O–H groups in total. The average Bonchev–Trinajstić information content (AvgIpc) is 3.31. The zero-order valence-corrected chi connectivity index (χ0v) is 14.7. The minimum absolute atomic E-state index is 0.0545. The van der Waals surface area contributed by atoms with Crippen LogP contribution >= 0.6 is 11.3 Å². The van der Waals surface area contributed by atoms with Crippen LogP contribution in [0.15, 0.2) is 30.5 Å². The molecule has 0 saturated carbocycles. The van der Waals surface area contributed by atoms with Crippen molar-refractivity contribution in [2.24, 2.45) is 0 Å². The third-order valence-electron chi connectivity index (χ3n) is 4.78. The van der Waals surface area contributed by atoms with Gasteiger partial charge in [0.25, 0.3) is 5.91 Å². The number of rotatable bonds is 4. The Balaban J connectivity index is 1.46. The number of nitrogens with one attached hydrogen (secondary N) is 3. The standard InChI is InChI=1S/C18H20N4O2S/c1-10(23)20-12-4-2-3-11(7-12)18-19-9-16(25-18)17(24)22-15-8-13-5-6-14(15)21-13/h2-4,7,9,13-15,21H,5-6,8H2,1H3,(H,20,23)(H,22,24). The van der Waals surface area contributed by atoms with Gasteiger partial charge in [0.05, 0.1) is 6.20 Å². The molecule has 2 aliphatic heterocycles. The van der Waals surface area contributed by atoms with Gasteiger partial charge in [0.2, 0.25) is 5.91 Å². The molecule has 6 nitrogen and oxygen atoms in total. The molecule has 2 fully saturated rings. The lowest BCUT2D eigenvalue weighted by molar-refractivity contribution is -0.114. The van der Waals surface area contributed by atoms with Gasteiger partial charge < -0.3 is 16.0 Å². The minimum Gasteiger partial charge on any atom is -0.347 e. The molecule has 0 aliphatic carbocycles. The molecule has 3 heterocycles. The van der Waals surface area contributed by atoms with Crippen molar-refractivity contribution in [2.75, 3.05) is 5.32 Å². The molecule has 1 aromatic heterocycles. The van der Waals surface area contributed by atoms with Crippen molar-refractivity contribution < 1.29 is 9.59 Å². The number of thiazole rings is 1. The van der Waals surface area contributed by atoms with E-state index in [1.807, 2.05) is 24.3 Å². The first-order valence-corrected chi connectivity index (χ1v) is 9.31. The van der Waals surface area contributed by atoms with Crippen molar-refractivity contribution in [1.82, 2.24) is 15.6 Å². The molecule has 130 valence electrons. The van der Waals surface area contributed by atoms with Crippen LogP contribution in [-0.2, 0) is 4.79 Å². The van der Waals surface area contributed by atoms with Gasteiger partial charge in [0.15, 0.2) is 0 Å². The molecule has 3 unspecified atom stereocenters. The van der Waals surface area contributed by atoms with Crippen LogP contribution < -0.4 is 16.0 Å². The number of benzene rings is 1. The van der Waals surface area contributed by atoms with Gasteiger partial charge >= 0.3 is 0 Å². The number of carbonyl (C=O) groups is 2. The summed E-state index contributed by atoms with van der Waals surface area (Å²) in [6, 6.07) is 8.67. The monoisotopic (exact) mass is 356 g/mol. The third-order valence-corrected chi connectivity index (χ3v) is 5.82.